The molecule has 1 saturated heterocycles. The zero-order valence-corrected chi connectivity index (χ0v) is 10.8. The van der Waals surface area contributed by atoms with Gasteiger partial charge in [-0.15, -0.1) is 11.3 Å². The number of nitrogens with one attached hydrogen (secondary N) is 1. The van der Waals surface area contributed by atoms with Crippen molar-refractivity contribution in [2.24, 2.45) is 0 Å². The molecule has 0 amide bonds. The van der Waals surface area contributed by atoms with Gasteiger partial charge in [0.1, 0.15) is 0 Å². The summed E-state index contributed by atoms with van der Waals surface area (Å²) in [4.78, 5) is 8.81. The molecule has 0 saturated carbocycles. The summed E-state index contributed by atoms with van der Waals surface area (Å²) in [6.07, 6.45) is 4.99. The van der Waals surface area contributed by atoms with Gasteiger partial charge >= 0.3 is 0 Å². The Labute approximate surface area is 101 Å². The molecule has 0 radical (unpaired) electrons. The van der Waals surface area contributed by atoms with Gasteiger partial charge in [-0.2, -0.15) is 0 Å². The third-order valence-corrected chi connectivity index (χ3v) is 4.98. The van der Waals surface area contributed by atoms with Gasteiger partial charge in [0.2, 0.25) is 0 Å². The average Bonchev–Trinajstić information content (AvgIpc) is 2.78. The van der Waals surface area contributed by atoms with Crippen molar-refractivity contribution >= 4 is 16.5 Å². The molecule has 0 aliphatic carbocycles. The maximum Gasteiger partial charge on any atom is 0.183 e. The van der Waals surface area contributed by atoms with Crippen LogP contribution in [0.3, 0.4) is 0 Å². The van der Waals surface area contributed by atoms with Crippen molar-refractivity contribution in [3.63, 3.8) is 0 Å². The van der Waals surface area contributed by atoms with E-state index in [9.17, 15) is 0 Å². The smallest absolute Gasteiger partial charge is 0.183 e. The zero-order chi connectivity index (χ0) is 11.1. The lowest BCUT2D eigenvalue weighted by Gasteiger charge is -2.29. The fourth-order valence-corrected chi connectivity index (χ4v) is 4.08. The third-order valence-electron chi connectivity index (χ3n) is 3.83. The van der Waals surface area contributed by atoms with Gasteiger partial charge in [-0.25, -0.2) is 4.98 Å². The van der Waals surface area contributed by atoms with E-state index in [0.29, 0.717) is 6.04 Å². The number of rotatable bonds is 3. The van der Waals surface area contributed by atoms with E-state index in [4.69, 9.17) is 4.98 Å². The van der Waals surface area contributed by atoms with Crippen LogP contribution < -0.4 is 5.32 Å². The molecule has 0 aromatic carbocycles. The van der Waals surface area contributed by atoms with Crippen LogP contribution in [-0.2, 0) is 6.42 Å². The second-order valence-electron chi connectivity index (χ2n) is 4.87. The summed E-state index contributed by atoms with van der Waals surface area (Å²) in [5.41, 5.74) is 1.37. The molecule has 3 rings (SSSR count). The fourth-order valence-electron chi connectivity index (χ4n) is 2.87. The van der Waals surface area contributed by atoms with Gasteiger partial charge in [-0.1, -0.05) is 6.92 Å². The van der Waals surface area contributed by atoms with E-state index < -0.39 is 0 Å². The minimum Gasteiger partial charge on any atom is -0.362 e. The highest BCUT2D eigenvalue weighted by molar-refractivity contribution is 7.15. The second-order valence-corrected chi connectivity index (χ2v) is 5.90. The lowest BCUT2D eigenvalue weighted by Crippen LogP contribution is -2.33. The third kappa shape index (κ3) is 1.55. The molecule has 2 aliphatic rings. The number of fused-ring (bicyclic) bond motifs is 4. The quantitative estimate of drug-likeness (QED) is 0.876. The van der Waals surface area contributed by atoms with Gasteiger partial charge in [-0.3, -0.25) is 4.90 Å². The van der Waals surface area contributed by atoms with Crippen LogP contribution in [0.5, 0.6) is 0 Å². The minimum atomic E-state index is 0.656. The van der Waals surface area contributed by atoms with Crippen molar-refractivity contribution in [2.75, 3.05) is 18.9 Å². The molecule has 2 aliphatic heterocycles. The molecule has 88 valence electrons. The minimum absolute atomic E-state index is 0.656. The van der Waals surface area contributed by atoms with Gasteiger partial charge in [0.15, 0.2) is 5.13 Å². The molecule has 2 unspecified atom stereocenters. The number of hydrogen-bond donors (Lipinski definition) is 1. The molecular weight excluding hydrogens is 218 g/mol. The largest absolute Gasteiger partial charge is 0.362 e. The first-order chi connectivity index (χ1) is 7.79. The lowest BCUT2D eigenvalue weighted by atomic mass is 10.1. The molecule has 4 heteroatoms. The topological polar surface area (TPSA) is 28.2 Å². The van der Waals surface area contributed by atoms with Crippen molar-refractivity contribution in [1.82, 2.24) is 9.88 Å². The molecule has 1 fully saturated rings. The number of thiazole rings is 1. The van der Waals surface area contributed by atoms with Crippen LogP contribution in [0.25, 0.3) is 0 Å². The van der Waals surface area contributed by atoms with Gasteiger partial charge < -0.3 is 5.32 Å². The Morgan fingerprint density at radius 1 is 1.50 bits per heavy atom. The standard InChI is InChI=1S/C12H19N3S/c1-3-6-13-12-14-9-7-8-4-5-10(15(8)2)11(9)16-12/h8,10H,3-7H2,1-2H3,(H,13,14). The van der Waals surface area contributed by atoms with Gasteiger partial charge in [0.25, 0.3) is 0 Å². The SMILES string of the molecule is CCCNc1nc2c(s1)C1CCC(C2)N1C. The van der Waals surface area contributed by atoms with E-state index in [1.807, 2.05) is 11.3 Å². The van der Waals surface area contributed by atoms with Crippen molar-refractivity contribution < 1.29 is 0 Å². The van der Waals surface area contributed by atoms with E-state index in [1.54, 1.807) is 0 Å². The van der Waals surface area contributed by atoms with Crippen molar-refractivity contribution in [3.8, 4) is 0 Å². The maximum atomic E-state index is 4.74. The summed E-state index contributed by atoms with van der Waals surface area (Å²) in [5, 5.41) is 4.55. The number of nitrogens with zero attached hydrogens (tertiary/aromatic N) is 2. The van der Waals surface area contributed by atoms with E-state index in [2.05, 4.69) is 24.2 Å². The lowest BCUT2D eigenvalue weighted by molar-refractivity contribution is 0.226. The fraction of sp³-hybridized carbons (Fsp3) is 0.750. The van der Waals surface area contributed by atoms with Gasteiger partial charge in [-0.05, 0) is 26.3 Å². The molecule has 1 aromatic rings. The van der Waals surface area contributed by atoms with Crippen molar-refractivity contribution in [1.29, 1.82) is 0 Å². The highest BCUT2D eigenvalue weighted by Crippen LogP contribution is 2.45. The number of aromatic nitrogens is 1. The summed E-state index contributed by atoms with van der Waals surface area (Å²) in [7, 11) is 2.27. The highest BCUT2D eigenvalue weighted by atomic mass is 32.1. The summed E-state index contributed by atoms with van der Waals surface area (Å²) in [5.74, 6) is 0. The Kier molecular flexibility index (Phi) is 2.64. The maximum absolute atomic E-state index is 4.74. The van der Waals surface area contributed by atoms with E-state index in [-0.39, 0.29) is 0 Å². The van der Waals surface area contributed by atoms with Crippen molar-refractivity contribution in [3.05, 3.63) is 10.6 Å². The van der Waals surface area contributed by atoms with Crippen molar-refractivity contribution in [2.45, 2.75) is 44.7 Å². The summed E-state index contributed by atoms with van der Waals surface area (Å²) < 4.78 is 0. The number of likely N-dealkylation sites (N-methyl/N-ethyl adjacent to an activating group) is 1. The van der Waals surface area contributed by atoms with Crippen LogP contribution in [0, 0.1) is 0 Å². The van der Waals surface area contributed by atoms with Crippen LogP contribution in [0.2, 0.25) is 0 Å². The normalized spacial score (nSPS) is 28.1. The summed E-state index contributed by atoms with van der Waals surface area (Å²) in [6, 6.07) is 1.40. The molecule has 1 N–H and O–H groups in total. The molecule has 1 aromatic heterocycles. The van der Waals surface area contributed by atoms with E-state index in [0.717, 1.165) is 30.6 Å². The van der Waals surface area contributed by atoms with Crippen LogP contribution in [0.1, 0.15) is 42.8 Å². The Morgan fingerprint density at radius 2 is 2.38 bits per heavy atom. The predicted octanol–water partition coefficient (Wildman–Crippen LogP) is 2.66. The molecule has 2 atom stereocenters. The summed E-state index contributed by atoms with van der Waals surface area (Å²) >= 11 is 1.87. The van der Waals surface area contributed by atoms with E-state index >= 15 is 0 Å². The van der Waals surface area contributed by atoms with Gasteiger partial charge in [0, 0.05) is 29.9 Å². The monoisotopic (exact) mass is 237 g/mol. The Balaban J connectivity index is 1.85. The Hall–Kier alpha value is -0.610. The van der Waals surface area contributed by atoms with Gasteiger partial charge in [0.05, 0.1) is 5.69 Å². The summed E-state index contributed by atoms with van der Waals surface area (Å²) in [6.45, 7) is 3.23. The number of anilines is 1. The van der Waals surface area contributed by atoms with Crippen LogP contribution in [0.15, 0.2) is 0 Å². The molecule has 16 heavy (non-hydrogen) atoms. The first-order valence-corrected chi connectivity index (χ1v) is 7.06. The molecule has 3 heterocycles. The molecule has 3 nitrogen and oxygen atoms in total. The average molecular weight is 237 g/mol. The predicted molar refractivity (Wildman–Crippen MR) is 68.1 cm³/mol. The van der Waals surface area contributed by atoms with E-state index in [1.165, 1.54) is 23.4 Å². The van der Waals surface area contributed by atoms with Crippen LogP contribution in [0.4, 0.5) is 5.13 Å². The Bertz CT molecular complexity index is 388. The molecule has 0 spiro atoms. The van der Waals surface area contributed by atoms with Crippen LogP contribution in [-0.4, -0.2) is 29.5 Å². The molecule has 2 bridgehead atoms. The number of hydrogen-bond acceptors (Lipinski definition) is 4. The first-order valence-electron chi connectivity index (χ1n) is 6.25. The highest BCUT2D eigenvalue weighted by Gasteiger charge is 2.39. The Morgan fingerprint density at radius 3 is 3.19 bits per heavy atom. The zero-order valence-electron chi connectivity index (χ0n) is 9.99. The van der Waals surface area contributed by atoms with Crippen LogP contribution >= 0.6 is 11.3 Å². The first kappa shape index (κ1) is 10.5. The molecular formula is C12H19N3S. The second kappa shape index (κ2) is 4.00.